The lowest BCUT2D eigenvalue weighted by Gasteiger charge is -2.24. The minimum atomic E-state index is 0.957. The number of nitrogens with one attached hydrogen (secondary N) is 1. The number of hydrogen-bond donors (Lipinski definition) is 1. The van der Waals surface area contributed by atoms with Crippen molar-refractivity contribution in [2.24, 2.45) is 5.92 Å². The molecule has 0 aromatic heterocycles. The molecule has 1 fully saturated rings. The van der Waals surface area contributed by atoms with Gasteiger partial charge in [0.05, 0.1) is 0 Å². The third kappa shape index (κ3) is 5.53. The molecule has 1 atom stereocenters. The van der Waals surface area contributed by atoms with E-state index in [1.807, 2.05) is 0 Å². The second-order valence-electron chi connectivity index (χ2n) is 4.79. The highest BCUT2D eigenvalue weighted by molar-refractivity contribution is 4.69. The Balaban J connectivity index is 2.03. The monoisotopic (exact) mass is 212 g/mol. The van der Waals surface area contributed by atoms with Crippen LogP contribution in [0.5, 0.6) is 0 Å². The maximum absolute atomic E-state index is 3.50. The largest absolute Gasteiger partial charge is 0.316 e. The van der Waals surface area contributed by atoms with Crippen LogP contribution in [0.3, 0.4) is 0 Å². The van der Waals surface area contributed by atoms with E-state index in [9.17, 15) is 0 Å². The maximum atomic E-state index is 3.50. The van der Waals surface area contributed by atoms with Gasteiger partial charge in [-0.15, -0.1) is 0 Å². The van der Waals surface area contributed by atoms with Gasteiger partial charge in [0.2, 0.25) is 0 Å². The Morgan fingerprint density at radius 3 is 2.73 bits per heavy atom. The molecule has 90 valence electrons. The summed E-state index contributed by atoms with van der Waals surface area (Å²) in [4.78, 5) is 2.58. The van der Waals surface area contributed by atoms with Crippen LogP contribution < -0.4 is 5.32 Å². The van der Waals surface area contributed by atoms with Crippen molar-refractivity contribution in [2.45, 2.75) is 46.0 Å². The summed E-state index contributed by atoms with van der Waals surface area (Å²) < 4.78 is 0. The highest BCUT2D eigenvalue weighted by atomic mass is 15.1. The smallest absolute Gasteiger partial charge is 0.00187 e. The van der Waals surface area contributed by atoms with Gasteiger partial charge in [0, 0.05) is 0 Å². The first-order chi connectivity index (χ1) is 7.36. The average molecular weight is 212 g/mol. The third-order valence-corrected chi connectivity index (χ3v) is 3.47. The zero-order valence-corrected chi connectivity index (χ0v) is 10.6. The van der Waals surface area contributed by atoms with Crippen molar-refractivity contribution in [3.8, 4) is 0 Å². The van der Waals surface area contributed by atoms with Crippen LogP contribution in [0, 0.1) is 5.92 Å². The van der Waals surface area contributed by atoms with Gasteiger partial charge in [0.1, 0.15) is 0 Å². The number of rotatable bonds is 7. The van der Waals surface area contributed by atoms with E-state index in [-0.39, 0.29) is 0 Å². The van der Waals surface area contributed by atoms with Crippen LogP contribution in [0.2, 0.25) is 0 Å². The number of hydrogen-bond acceptors (Lipinski definition) is 2. The summed E-state index contributed by atoms with van der Waals surface area (Å²) in [6.45, 7) is 10.9. The minimum absolute atomic E-state index is 0.957. The van der Waals surface area contributed by atoms with Crippen LogP contribution in [0.1, 0.15) is 46.0 Å². The van der Waals surface area contributed by atoms with E-state index in [0.717, 1.165) is 5.92 Å². The van der Waals surface area contributed by atoms with Crippen LogP contribution >= 0.6 is 0 Å². The van der Waals surface area contributed by atoms with Crippen molar-refractivity contribution in [1.29, 1.82) is 0 Å². The molecular weight excluding hydrogens is 184 g/mol. The van der Waals surface area contributed by atoms with Gasteiger partial charge in [-0.3, -0.25) is 0 Å². The summed E-state index contributed by atoms with van der Waals surface area (Å²) in [5.74, 6) is 0.957. The normalized spacial score (nSPS) is 22.2. The van der Waals surface area contributed by atoms with Crippen molar-refractivity contribution >= 4 is 0 Å². The molecule has 1 heterocycles. The Bertz CT molecular complexity index is 137. The van der Waals surface area contributed by atoms with E-state index >= 15 is 0 Å². The Morgan fingerprint density at radius 2 is 2.13 bits per heavy atom. The van der Waals surface area contributed by atoms with E-state index in [1.54, 1.807) is 0 Å². The Morgan fingerprint density at radius 1 is 1.27 bits per heavy atom. The Hall–Kier alpha value is -0.0800. The van der Waals surface area contributed by atoms with Crippen molar-refractivity contribution < 1.29 is 0 Å². The number of piperidine rings is 1. The molecule has 2 heteroatoms. The lowest BCUT2D eigenvalue weighted by molar-refractivity contribution is 0.263. The van der Waals surface area contributed by atoms with E-state index in [4.69, 9.17) is 0 Å². The molecule has 0 amide bonds. The van der Waals surface area contributed by atoms with Gasteiger partial charge >= 0.3 is 0 Å². The summed E-state index contributed by atoms with van der Waals surface area (Å²) in [5.41, 5.74) is 0. The predicted octanol–water partition coefficient (Wildman–Crippen LogP) is 2.50. The van der Waals surface area contributed by atoms with Gasteiger partial charge in [-0.25, -0.2) is 0 Å². The molecular formula is C13H28N2. The summed E-state index contributed by atoms with van der Waals surface area (Å²) in [6, 6.07) is 0. The summed E-state index contributed by atoms with van der Waals surface area (Å²) in [7, 11) is 0. The molecule has 2 nitrogen and oxygen atoms in total. The fourth-order valence-corrected chi connectivity index (χ4v) is 2.52. The molecule has 0 spiro atoms. The number of nitrogens with zero attached hydrogens (tertiary/aromatic N) is 1. The average Bonchev–Trinajstić information content (AvgIpc) is 2.29. The molecule has 0 aromatic carbocycles. The van der Waals surface area contributed by atoms with Crippen LogP contribution in [0.4, 0.5) is 0 Å². The first-order valence-corrected chi connectivity index (χ1v) is 6.79. The summed E-state index contributed by atoms with van der Waals surface area (Å²) in [5, 5.41) is 3.50. The molecule has 1 rings (SSSR count). The molecule has 1 unspecified atom stereocenters. The van der Waals surface area contributed by atoms with Crippen molar-refractivity contribution in [2.75, 3.05) is 32.7 Å². The molecule has 0 aliphatic carbocycles. The van der Waals surface area contributed by atoms with E-state index in [1.165, 1.54) is 64.8 Å². The molecule has 1 saturated heterocycles. The zero-order chi connectivity index (χ0) is 10.9. The summed E-state index contributed by atoms with van der Waals surface area (Å²) in [6.07, 6.45) is 6.94. The fourth-order valence-electron chi connectivity index (χ4n) is 2.52. The lowest BCUT2D eigenvalue weighted by atomic mass is 9.94. The first kappa shape index (κ1) is 13.0. The van der Waals surface area contributed by atoms with Crippen LogP contribution in [0.25, 0.3) is 0 Å². The van der Waals surface area contributed by atoms with E-state index in [0.29, 0.717) is 0 Å². The minimum Gasteiger partial charge on any atom is -0.316 e. The molecule has 1 aliphatic rings. The molecule has 0 aromatic rings. The Kier molecular flexibility index (Phi) is 7.03. The van der Waals surface area contributed by atoms with E-state index < -0.39 is 0 Å². The second kappa shape index (κ2) is 8.12. The highest BCUT2D eigenvalue weighted by Gasteiger charge is 2.12. The Labute approximate surface area is 95.4 Å². The molecule has 0 saturated carbocycles. The van der Waals surface area contributed by atoms with Gasteiger partial charge in [0.15, 0.2) is 0 Å². The van der Waals surface area contributed by atoms with Gasteiger partial charge in [-0.2, -0.15) is 0 Å². The van der Waals surface area contributed by atoms with Crippen LogP contribution in [0.15, 0.2) is 0 Å². The van der Waals surface area contributed by atoms with Crippen LogP contribution in [-0.4, -0.2) is 37.6 Å². The van der Waals surface area contributed by atoms with Crippen LogP contribution in [-0.2, 0) is 0 Å². The molecule has 1 aliphatic heterocycles. The molecule has 15 heavy (non-hydrogen) atoms. The van der Waals surface area contributed by atoms with Crippen molar-refractivity contribution in [3.05, 3.63) is 0 Å². The van der Waals surface area contributed by atoms with Crippen molar-refractivity contribution in [1.82, 2.24) is 10.2 Å². The fraction of sp³-hybridized carbons (Fsp3) is 1.00. The summed E-state index contributed by atoms with van der Waals surface area (Å²) >= 11 is 0. The first-order valence-electron chi connectivity index (χ1n) is 6.79. The topological polar surface area (TPSA) is 15.3 Å². The SMILES string of the molecule is CCCN(CC)CCCC1CCCNC1. The molecule has 1 N–H and O–H groups in total. The van der Waals surface area contributed by atoms with Gasteiger partial charge < -0.3 is 10.2 Å². The molecule has 0 bridgehead atoms. The molecule has 0 radical (unpaired) electrons. The van der Waals surface area contributed by atoms with Gasteiger partial charge in [-0.1, -0.05) is 13.8 Å². The lowest BCUT2D eigenvalue weighted by Crippen LogP contribution is -2.31. The second-order valence-corrected chi connectivity index (χ2v) is 4.79. The van der Waals surface area contributed by atoms with E-state index in [2.05, 4.69) is 24.1 Å². The quantitative estimate of drug-likeness (QED) is 0.697. The standard InChI is InChI=1S/C13H28N2/c1-3-10-15(4-2)11-6-8-13-7-5-9-14-12-13/h13-14H,3-12H2,1-2H3. The van der Waals surface area contributed by atoms with Gasteiger partial charge in [0.25, 0.3) is 0 Å². The maximum Gasteiger partial charge on any atom is -0.00187 e. The zero-order valence-electron chi connectivity index (χ0n) is 10.6. The highest BCUT2D eigenvalue weighted by Crippen LogP contribution is 2.15. The predicted molar refractivity (Wildman–Crippen MR) is 67.2 cm³/mol. The van der Waals surface area contributed by atoms with Crippen molar-refractivity contribution in [3.63, 3.8) is 0 Å². The van der Waals surface area contributed by atoms with Gasteiger partial charge in [-0.05, 0) is 70.7 Å². The third-order valence-electron chi connectivity index (χ3n) is 3.47.